The zero-order chi connectivity index (χ0) is 24.9. The van der Waals surface area contributed by atoms with Crippen LogP contribution in [-0.2, 0) is 22.4 Å². The first-order valence-electron chi connectivity index (χ1n) is 13.8. The quantitative estimate of drug-likeness (QED) is 0.660. The number of ether oxygens (including phenoxy) is 2. The number of aromatic amines is 1. The fraction of sp³-hybridized carbons (Fsp3) is 0.667. The van der Waals surface area contributed by atoms with Crippen molar-refractivity contribution in [2.45, 2.75) is 57.0 Å². The Kier molecular flexibility index (Phi) is 5.86. The standard InChI is InChI=1S/C27H34N6O4/c34-26(17-3-4-23-24(10-17)30-31-29-23)32-12-19-14-33(15-20(19)13-32)27(35)18-9-22(16-1-2-16)25(28-11-18)37-21-5-7-36-8-6-21/h9,11,16-17,19-21H,1-8,10,12-15H2,(H,29,30,31). The molecule has 0 radical (unpaired) electrons. The zero-order valence-electron chi connectivity index (χ0n) is 21.1. The minimum absolute atomic E-state index is 0.0112. The molecule has 10 nitrogen and oxygen atoms in total. The topological polar surface area (TPSA) is 114 Å². The Bertz CT molecular complexity index is 1180. The van der Waals surface area contributed by atoms with E-state index in [0.29, 0.717) is 48.7 Å². The Hall–Kier alpha value is -3.01. The predicted molar refractivity (Wildman–Crippen MR) is 132 cm³/mol. The van der Waals surface area contributed by atoms with E-state index in [1.807, 2.05) is 15.9 Å². The number of aromatic nitrogens is 4. The second kappa shape index (κ2) is 9.38. The summed E-state index contributed by atoms with van der Waals surface area (Å²) in [7, 11) is 0. The SMILES string of the molecule is O=C(c1cnc(OC2CCOCC2)c(C2CC2)c1)N1CC2CN(C(=O)C3CCc4n[nH]nc4C3)CC2C1. The minimum Gasteiger partial charge on any atom is -0.474 e. The first-order valence-corrected chi connectivity index (χ1v) is 13.8. The van der Waals surface area contributed by atoms with Gasteiger partial charge in [-0.2, -0.15) is 15.4 Å². The van der Waals surface area contributed by atoms with E-state index in [9.17, 15) is 9.59 Å². The van der Waals surface area contributed by atoms with Gasteiger partial charge in [0.2, 0.25) is 11.8 Å². The van der Waals surface area contributed by atoms with Gasteiger partial charge in [-0.1, -0.05) is 0 Å². The highest BCUT2D eigenvalue weighted by molar-refractivity contribution is 5.94. The first-order chi connectivity index (χ1) is 18.1. The molecule has 2 amide bonds. The van der Waals surface area contributed by atoms with E-state index < -0.39 is 0 Å². The van der Waals surface area contributed by atoms with Crippen LogP contribution in [0.4, 0.5) is 0 Å². The molecular formula is C27H34N6O4. The lowest BCUT2D eigenvalue weighted by atomic mass is 9.89. The number of rotatable bonds is 5. The number of H-pyrrole nitrogens is 1. The monoisotopic (exact) mass is 506 g/mol. The van der Waals surface area contributed by atoms with Crippen molar-refractivity contribution in [2.75, 3.05) is 39.4 Å². The summed E-state index contributed by atoms with van der Waals surface area (Å²) in [5, 5.41) is 11.1. The third-order valence-corrected chi connectivity index (χ3v) is 8.90. The highest BCUT2D eigenvalue weighted by atomic mass is 16.5. The van der Waals surface area contributed by atoms with Crippen LogP contribution in [0.25, 0.3) is 0 Å². The average Bonchev–Trinajstić information content (AvgIpc) is 3.33. The number of fused-ring (bicyclic) bond motifs is 2. The van der Waals surface area contributed by atoms with Gasteiger partial charge in [0.05, 0.1) is 30.2 Å². The Labute approximate surface area is 216 Å². The summed E-state index contributed by atoms with van der Waals surface area (Å²) in [6.45, 7) is 4.32. The van der Waals surface area contributed by atoms with Crippen molar-refractivity contribution in [3.63, 3.8) is 0 Å². The lowest BCUT2D eigenvalue weighted by Crippen LogP contribution is -2.40. The maximum atomic E-state index is 13.5. The normalized spacial score (nSPS) is 27.7. The van der Waals surface area contributed by atoms with E-state index in [0.717, 1.165) is 81.8 Å². The molecule has 1 saturated carbocycles. The second-order valence-electron chi connectivity index (χ2n) is 11.5. The summed E-state index contributed by atoms with van der Waals surface area (Å²) in [6.07, 6.45) is 8.14. The van der Waals surface area contributed by atoms with E-state index in [1.54, 1.807) is 6.20 Å². The largest absolute Gasteiger partial charge is 0.474 e. The van der Waals surface area contributed by atoms with Crippen molar-refractivity contribution in [3.05, 3.63) is 34.8 Å². The van der Waals surface area contributed by atoms with Crippen LogP contribution < -0.4 is 4.74 Å². The molecule has 0 spiro atoms. The van der Waals surface area contributed by atoms with Crippen molar-refractivity contribution in [2.24, 2.45) is 17.8 Å². The van der Waals surface area contributed by atoms with Crippen LogP contribution in [0.2, 0.25) is 0 Å². The van der Waals surface area contributed by atoms with Crippen molar-refractivity contribution in [3.8, 4) is 5.88 Å². The molecule has 196 valence electrons. The smallest absolute Gasteiger partial charge is 0.255 e. The number of hydrogen-bond acceptors (Lipinski definition) is 7. The number of pyridine rings is 1. The molecule has 5 heterocycles. The van der Waals surface area contributed by atoms with E-state index in [4.69, 9.17) is 9.47 Å². The maximum absolute atomic E-state index is 13.5. The van der Waals surface area contributed by atoms with Crippen molar-refractivity contribution in [1.29, 1.82) is 0 Å². The highest BCUT2D eigenvalue weighted by Crippen LogP contribution is 2.44. The lowest BCUT2D eigenvalue weighted by Gasteiger charge is -2.27. The molecule has 4 fully saturated rings. The summed E-state index contributed by atoms with van der Waals surface area (Å²) in [4.78, 5) is 35.3. The van der Waals surface area contributed by atoms with Gasteiger partial charge in [0.25, 0.3) is 5.91 Å². The summed E-state index contributed by atoms with van der Waals surface area (Å²) in [5.74, 6) is 2.09. The lowest BCUT2D eigenvalue weighted by molar-refractivity contribution is -0.135. The number of likely N-dealkylation sites (tertiary alicyclic amines) is 2. The second-order valence-corrected chi connectivity index (χ2v) is 11.5. The van der Waals surface area contributed by atoms with Crippen molar-refractivity contribution < 1.29 is 19.1 Å². The molecule has 5 aliphatic rings. The molecule has 37 heavy (non-hydrogen) atoms. The number of nitrogens with zero attached hydrogens (tertiary/aromatic N) is 5. The highest BCUT2D eigenvalue weighted by Gasteiger charge is 2.45. The summed E-state index contributed by atoms with van der Waals surface area (Å²) in [6, 6.07) is 2.02. The van der Waals surface area contributed by atoms with E-state index in [-0.39, 0.29) is 23.8 Å². The molecule has 2 aromatic heterocycles. The van der Waals surface area contributed by atoms with Crippen LogP contribution in [0.5, 0.6) is 5.88 Å². The molecule has 2 aliphatic carbocycles. The van der Waals surface area contributed by atoms with Crippen molar-refractivity contribution in [1.82, 2.24) is 30.2 Å². The van der Waals surface area contributed by atoms with E-state index >= 15 is 0 Å². The minimum atomic E-state index is -0.0112. The summed E-state index contributed by atoms with van der Waals surface area (Å²) >= 11 is 0. The van der Waals surface area contributed by atoms with Gasteiger partial charge in [-0.05, 0) is 37.7 Å². The van der Waals surface area contributed by atoms with Crippen LogP contribution in [0, 0.1) is 17.8 Å². The number of nitrogens with one attached hydrogen (secondary N) is 1. The summed E-state index contributed by atoms with van der Waals surface area (Å²) < 4.78 is 11.7. The fourth-order valence-electron chi connectivity index (χ4n) is 6.60. The molecule has 1 N–H and O–H groups in total. The Morgan fingerprint density at radius 3 is 2.43 bits per heavy atom. The number of amides is 2. The van der Waals surface area contributed by atoms with Crippen LogP contribution >= 0.6 is 0 Å². The molecule has 3 saturated heterocycles. The van der Waals surface area contributed by atoms with Gasteiger partial charge in [-0.3, -0.25) is 9.59 Å². The first kappa shape index (κ1) is 23.1. The molecular weight excluding hydrogens is 472 g/mol. The van der Waals surface area contributed by atoms with Gasteiger partial charge >= 0.3 is 0 Å². The predicted octanol–water partition coefficient (Wildman–Crippen LogP) is 1.97. The fourth-order valence-corrected chi connectivity index (χ4v) is 6.60. The molecule has 7 rings (SSSR count). The van der Waals surface area contributed by atoms with Crippen LogP contribution in [0.3, 0.4) is 0 Å². The Morgan fingerprint density at radius 2 is 1.68 bits per heavy atom. The third-order valence-electron chi connectivity index (χ3n) is 8.90. The van der Waals surface area contributed by atoms with Gasteiger partial charge in [0, 0.05) is 75.0 Å². The molecule has 2 aromatic rings. The number of carbonyl (C=O) groups excluding carboxylic acids is 2. The maximum Gasteiger partial charge on any atom is 0.255 e. The number of carbonyl (C=O) groups is 2. The third kappa shape index (κ3) is 4.49. The van der Waals surface area contributed by atoms with Gasteiger partial charge in [0.1, 0.15) is 6.10 Å². The molecule has 10 heteroatoms. The molecule has 0 bridgehead atoms. The average molecular weight is 507 g/mol. The van der Waals surface area contributed by atoms with Gasteiger partial charge in [-0.15, -0.1) is 0 Å². The number of hydrogen-bond donors (Lipinski definition) is 1. The molecule has 3 atom stereocenters. The number of aryl methyl sites for hydroxylation is 1. The van der Waals surface area contributed by atoms with Crippen LogP contribution in [0.1, 0.15) is 65.3 Å². The van der Waals surface area contributed by atoms with Gasteiger partial charge in [0.15, 0.2) is 0 Å². The van der Waals surface area contributed by atoms with Crippen LogP contribution in [0.15, 0.2) is 12.3 Å². The Morgan fingerprint density at radius 1 is 0.946 bits per heavy atom. The molecule has 3 unspecified atom stereocenters. The van der Waals surface area contributed by atoms with Crippen LogP contribution in [-0.4, -0.2) is 87.5 Å². The van der Waals surface area contributed by atoms with Gasteiger partial charge in [-0.25, -0.2) is 4.98 Å². The van der Waals surface area contributed by atoms with E-state index in [1.165, 1.54) is 0 Å². The summed E-state index contributed by atoms with van der Waals surface area (Å²) in [5.41, 5.74) is 3.67. The van der Waals surface area contributed by atoms with Gasteiger partial charge < -0.3 is 19.3 Å². The molecule has 0 aromatic carbocycles. The Balaban J connectivity index is 0.981. The zero-order valence-corrected chi connectivity index (χ0v) is 21.1. The van der Waals surface area contributed by atoms with E-state index in [2.05, 4.69) is 20.4 Å². The van der Waals surface area contributed by atoms with Crippen molar-refractivity contribution >= 4 is 11.8 Å². The molecule has 3 aliphatic heterocycles.